The molecule has 3 nitrogen and oxygen atoms in total. The third-order valence-corrected chi connectivity index (χ3v) is 2.15. The van der Waals surface area contributed by atoms with Gasteiger partial charge in [0.05, 0.1) is 0 Å². The van der Waals surface area contributed by atoms with Crippen molar-refractivity contribution >= 4 is 5.91 Å². The number of ether oxygens (including phenoxy) is 1. The third kappa shape index (κ3) is 1.61. The van der Waals surface area contributed by atoms with Crippen molar-refractivity contribution in [3.63, 3.8) is 0 Å². The molecule has 0 saturated carbocycles. The summed E-state index contributed by atoms with van der Waals surface area (Å²) in [7, 11) is 0. The van der Waals surface area contributed by atoms with Crippen molar-refractivity contribution in [3.05, 3.63) is 0 Å². The summed E-state index contributed by atoms with van der Waals surface area (Å²) in [6.07, 6.45) is -0.215. The molecule has 1 amide bonds. The van der Waals surface area contributed by atoms with Crippen molar-refractivity contribution in [2.24, 2.45) is 5.92 Å². The highest BCUT2D eigenvalue weighted by molar-refractivity contribution is 5.82. The molecule has 0 N–H and O–H groups in total. The lowest BCUT2D eigenvalue weighted by atomic mass is 10.1. The molecule has 1 heterocycles. The second kappa shape index (κ2) is 3.44. The first-order chi connectivity index (χ1) is 5.54. The Morgan fingerprint density at radius 1 is 1.42 bits per heavy atom. The average Bonchev–Trinajstić information content (AvgIpc) is 2.30. The zero-order chi connectivity index (χ0) is 9.30. The molecule has 1 fully saturated rings. The maximum Gasteiger partial charge on any atom is 0.254 e. The standard InChI is InChI=1S/C9H17NO2/c1-6(2)8-9(11)10(5-12-8)7(3)4/h6-8H,5H2,1-4H3. The first-order valence-electron chi connectivity index (χ1n) is 4.46. The number of hydrogen-bond donors (Lipinski definition) is 0. The lowest BCUT2D eigenvalue weighted by molar-refractivity contribution is -0.132. The van der Waals surface area contributed by atoms with E-state index in [1.807, 2.05) is 27.7 Å². The number of nitrogens with zero attached hydrogens (tertiary/aromatic N) is 1. The van der Waals surface area contributed by atoms with Gasteiger partial charge in [-0.2, -0.15) is 0 Å². The Kier molecular flexibility index (Phi) is 2.73. The Morgan fingerprint density at radius 3 is 2.25 bits per heavy atom. The zero-order valence-electron chi connectivity index (χ0n) is 8.20. The van der Waals surface area contributed by atoms with E-state index in [0.717, 1.165) is 0 Å². The predicted molar refractivity (Wildman–Crippen MR) is 46.6 cm³/mol. The third-order valence-electron chi connectivity index (χ3n) is 2.15. The van der Waals surface area contributed by atoms with Gasteiger partial charge in [-0.25, -0.2) is 0 Å². The van der Waals surface area contributed by atoms with Crippen molar-refractivity contribution in [3.8, 4) is 0 Å². The second-order valence-electron chi connectivity index (χ2n) is 3.86. The Morgan fingerprint density at radius 2 is 2.00 bits per heavy atom. The number of carbonyl (C=O) groups excluding carboxylic acids is 1. The summed E-state index contributed by atoms with van der Waals surface area (Å²) in [6, 6.07) is 0.251. The molecule has 1 atom stereocenters. The van der Waals surface area contributed by atoms with Gasteiger partial charge in [0.1, 0.15) is 12.8 Å². The highest BCUT2D eigenvalue weighted by Crippen LogP contribution is 2.19. The van der Waals surface area contributed by atoms with Gasteiger partial charge in [-0.15, -0.1) is 0 Å². The quantitative estimate of drug-likeness (QED) is 0.625. The van der Waals surface area contributed by atoms with Crippen LogP contribution in [0.15, 0.2) is 0 Å². The molecule has 1 rings (SSSR count). The van der Waals surface area contributed by atoms with Crippen LogP contribution in [0.25, 0.3) is 0 Å². The number of carbonyl (C=O) groups is 1. The fourth-order valence-electron chi connectivity index (χ4n) is 1.34. The monoisotopic (exact) mass is 171 g/mol. The number of amides is 1. The first kappa shape index (κ1) is 9.52. The summed E-state index contributed by atoms with van der Waals surface area (Å²) in [4.78, 5) is 13.4. The minimum absolute atomic E-state index is 0.139. The van der Waals surface area contributed by atoms with Crippen LogP contribution in [0.1, 0.15) is 27.7 Å². The molecule has 0 aromatic rings. The first-order valence-corrected chi connectivity index (χ1v) is 4.46. The molecule has 0 aromatic heterocycles. The van der Waals surface area contributed by atoms with E-state index in [1.54, 1.807) is 4.90 Å². The van der Waals surface area contributed by atoms with Gasteiger partial charge in [-0.1, -0.05) is 13.8 Å². The second-order valence-corrected chi connectivity index (χ2v) is 3.86. The van der Waals surface area contributed by atoms with Crippen molar-refractivity contribution in [1.29, 1.82) is 0 Å². The molecule has 0 aromatic carbocycles. The normalized spacial score (nSPS) is 24.7. The van der Waals surface area contributed by atoms with Crippen molar-refractivity contribution < 1.29 is 9.53 Å². The molecule has 12 heavy (non-hydrogen) atoms. The minimum Gasteiger partial charge on any atom is -0.348 e. The van der Waals surface area contributed by atoms with Gasteiger partial charge in [-0.05, 0) is 19.8 Å². The molecule has 0 aliphatic carbocycles. The van der Waals surface area contributed by atoms with Crippen LogP contribution in [0, 0.1) is 5.92 Å². The molecule has 1 saturated heterocycles. The van der Waals surface area contributed by atoms with E-state index in [0.29, 0.717) is 6.73 Å². The van der Waals surface area contributed by atoms with E-state index in [1.165, 1.54) is 0 Å². The predicted octanol–water partition coefficient (Wildman–Crippen LogP) is 1.24. The van der Waals surface area contributed by atoms with Crippen LogP contribution in [0.3, 0.4) is 0 Å². The molecule has 0 bridgehead atoms. The fraction of sp³-hybridized carbons (Fsp3) is 0.889. The molecular weight excluding hydrogens is 154 g/mol. The Hall–Kier alpha value is -0.570. The van der Waals surface area contributed by atoms with Gasteiger partial charge in [0.15, 0.2) is 0 Å². The molecule has 0 radical (unpaired) electrons. The van der Waals surface area contributed by atoms with E-state index in [-0.39, 0.29) is 24.0 Å². The van der Waals surface area contributed by atoms with Crippen LogP contribution in [-0.2, 0) is 9.53 Å². The van der Waals surface area contributed by atoms with Gasteiger partial charge in [0.25, 0.3) is 5.91 Å². The number of rotatable bonds is 2. The van der Waals surface area contributed by atoms with Crippen LogP contribution in [0.5, 0.6) is 0 Å². The molecule has 1 aliphatic heterocycles. The Labute approximate surface area is 73.7 Å². The van der Waals surface area contributed by atoms with Gasteiger partial charge in [0.2, 0.25) is 0 Å². The fourth-order valence-corrected chi connectivity index (χ4v) is 1.34. The van der Waals surface area contributed by atoms with Crippen LogP contribution in [0.2, 0.25) is 0 Å². The van der Waals surface area contributed by atoms with Crippen molar-refractivity contribution in [2.45, 2.75) is 39.8 Å². The van der Waals surface area contributed by atoms with E-state index < -0.39 is 0 Å². The molecule has 1 unspecified atom stereocenters. The van der Waals surface area contributed by atoms with E-state index in [9.17, 15) is 4.79 Å². The van der Waals surface area contributed by atoms with Crippen LogP contribution in [-0.4, -0.2) is 29.7 Å². The molecular formula is C9H17NO2. The van der Waals surface area contributed by atoms with E-state index in [2.05, 4.69) is 0 Å². The smallest absolute Gasteiger partial charge is 0.254 e. The lowest BCUT2D eigenvalue weighted by Crippen LogP contribution is -2.36. The summed E-state index contributed by atoms with van der Waals surface area (Å²) in [6.45, 7) is 8.48. The lowest BCUT2D eigenvalue weighted by Gasteiger charge is -2.19. The Balaban J connectivity index is 2.61. The highest BCUT2D eigenvalue weighted by Gasteiger charge is 2.35. The van der Waals surface area contributed by atoms with Crippen molar-refractivity contribution in [1.82, 2.24) is 4.90 Å². The van der Waals surface area contributed by atoms with Gasteiger partial charge in [0, 0.05) is 6.04 Å². The Bertz CT molecular complexity index is 159. The van der Waals surface area contributed by atoms with Gasteiger partial charge >= 0.3 is 0 Å². The summed E-state index contributed by atoms with van der Waals surface area (Å²) < 4.78 is 5.38. The molecule has 3 heteroatoms. The summed E-state index contributed by atoms with van der Waals surface area (Å²) in [5, 5.41) is 0. The topological polar surface area (TPSA) is 29.5 Å². The molecule has 70 valence electrons. The maximum atomic E-state index is 11.6. The number of hydrogen-bond acceptors (Lipinski definition) is 2. The van der Waals surface area contributed by atoms with Gasteiger partial charge in [-0.3, -0.25) is 4.79 Å². The van der Waals surface area contributed by atoms with Crippen LogP contribution >= 0.6 is 0 Å². The van der Waals surface area contributed by atoms with Gasteiger partial charge < -0.3 is 9.64 Å². The van der Waals surface area contributed by atoms with E-state index in [4.69, 9.17) is 4.74 Å². The van der Waals surface area contributed by atoms with Crippen molar-refractivity contribution in [2.75, 3.05) is 6.73 Å². The highest BCUT2D eigenvalue weighted by atomic mass is 16.5. The molecule has 1 aliphatic rings. The van der Waals surface area contributed by atoms with E-state index >= 15 is 0 Å². The SMILES string of the molecule is CC(C)C1OCN(C(C)C)C1=O. The summed E-state index contributed by atoms with van der Waals surface area (Å²) in [5.74, 6) is 0.418. The maximum absolute atomic E-state index is 11.6. The minimum atomic E-state index is -0.215. The summed E-state index contributed by atoms with van der Waals surface area (Å²) in [5.41, 5.74) is 0. The zero-order valence-corrected chi connectivity index (χ0v) is 8.20. The van der Waals surface area contributed by atoms with Crippen LogP contribution in [0.4, 0.5) is 0 Å². The summed E-state index contributed by atoms with van der Waals surface area (Å²) >= 11 is 0. The van der Waals surface area contributed by atoms with Crippen LogP contribution < -0.4 is 0 Å². The average molecular weight is 171 g/mol. The molecule has 0 spiro atoms. The largest absolute Gasteiger partial charge is 0.348 e.